The lowest BCUT2D eigenvalue weighted by molar-refractivity contribution is 0.402. The van der Waals surface area contributed by atoms with Crippen molar-refractivity contribution in [2.24, 2.45) is 11.3 Å². The van der Waals surface area contributed by atoms with E-state index in [9.17, 15) is 0 Å². The van der Waals surface area contributed by atoms with Gasteiger partial charge in [-0.2, -0.15) is 0 Å². The van der Waals surface area contributed by atoms with Crippen molar-refractivity contribution in [1.82, 2.24) is 0 Å². The lowest BCUT2D eigenvalue weighted by Crippen LogP contribution is -2.38. The lowest BCUT2D eigenvalue weighted by atomic mass is 9.70. The maximum Gasteiger partial charge on any atom is 0.0560 e. The van der Waals surface area contributed by atoms with Crippen molar-refractivity contribution in [3.8, 4) is 0 Å². The normalized spacial score (nSPS) is 24.6. The van der Waals surface area contributed by atoms with Crippen LogP contribution in [0.2, 0.25) is 0 Å². The zero-order valence-electron chi connectivity index (χ0n) is 34.3. The van der Waals surface area contributed by atoms with Crippen molar-refractivity contribution in [2.75, 3.05) is 4.90 Å². The van der Waals surface area contributed by atoms with Crippen molar-refractivity contribution >= 4 is 38.4 Å². The molecule has 284 valence electrons. The first-order valence-corrected chi connectivity index (χ1v) is 21.8. The van der Waals surface area contributed by atoms with Crippen LogP contribution in [0.3, 0.4) is 0 Å². The van der Waals surface area contributed by atoms with Gasteiger partial charge in [-0.05, 0) is 128 Å². The molecule has 1 heteroatoms. The second kappa shape index (κ2) is 12.4. The first kappa shape index (κ1) is 34.4. The van der Waals surface area contributed by atoms with E-state index < -0.39 is 0 Å². The van der Waals surface area contributed by atoms with Crippen LogP contribution < -0.4 is 4.90 Å². The van der Waals surface area contributed by atoms with Crippen molar-refractivity contribution in [1.29, 1.82) is 0 Å². The van der Waals surface area contributed by atoms with Crippen LogP contribution in [0, 0.1) is 11.3 Å². The molecule has 1 nitrogen and oxygen atoms in total. The molecule has 3 atom stereocenters. The van der Waals surface area contributed by atoms with E-state index in [0.717, 1.165) is 38.5 Å². The van der Waals surface area contributed by atoms with Crippen molar-refractivity contribution in [3.63, 3.8) is 0 Å². The highest BCUT2D eigenvalue weighted by atomic mass is 15.2. The molecule has 0 radical (unpaired) electrons. The molecule has 0 N–H and O–H groups in total. The molecule has 0 fully saturated rings. The van der Waals surface area contributed by atoms with Gasteiger partial charge >= 0.3 is 0 Å². The van der Waals surface area contributed by atoms with E-state index in [4.69, 9.17) is 0 Å². The molecule has 0 amide bonds. The molecular formula is C57H51N. The molecule has 5 aromatic rings. The fourth-order valence-corrected chi connectivity index (χ4v) is 12.7. The highest BCUT2D eigenvalue weighted by Gasteiger charge is 2.47. The van der Waals surface area contributed by atoms with E-state index >= 15 is 0 Å². The van der Waals surface area contributed by atoms with Gasteiger partial charge in [-0.1, -0.05) is 178 Å². The minimum absolute atomic E-state index is 0.000935. The molecule has 7 aliphatic rings. The molecule has 0 saturated carbocycles. The molecule has 0 aromatic heterocycles. The molecule has 0 spiro atoms. The molecule has 0 heterocycles. The summed E-state index contributed by atoms with van der Waals surface area (Å²) < 4.78 is 0. The van der Waals surface area contributed by atoms with Gasteiger partial charge in [0.05, 0.1) is 6.04 Å². The van der Waals surface area contributed by atoms with Crippen molar-refractivity contribution < 1.29 is 0 Å². The first-order valence-electron chi connectivity index (χ1n) is 21.8. The molecule has 3 unspecified atom stereocenters. The SMILES string of the molecule is CC1(C)C2=C(C=CC(N(C3=CC=C4c5ccccc5C(C)(C)C4C3)c3cc4ccccc4c4ccccc34)C2)C2=C1CCC=C2C1CC2=C(C=CC2)c2ccccc21. The van der Waals surface area contributed by atoms with E-state index in [-0.39, 0.29) is 16.9 Å². The van der Waals surface area contributed by atoms with Gasteiger partial charge in [-0.25, -0.2) is 0 Å². The fourth-order valence-electron chi connectivity index (χ4n) is 12.7. The van der Waals surface area contributed by atoms with Gasteiger partial charge in [0.15, 0.2) is 0 Å². The number of hydrogen-bond acceptors (Lipinski definition) is 1. The van der Waals surface area contributed by atoms with E-state index in [1.807, 2.05) is 0 Å². The predicted octanol–water partition coefficient (Wildman–Crippen LogP) is 14.7. The van der Waals surface area contributed by atoms with E-state index in [1.54, 1.807) is 27.9 Å². The third kappa shape index (κ3) is 4.77. The number of anilines is 1. The van der Waals surface area contributed by atoms with Crippen LogP contribution in [0.5, 0.6) is 0 Å². The van der Waals surface area contributed by atoms with Crippen LogP contribution in [0.15, 0.2) is 185 Å². The van der Waals surface area contributed by atoms with Crippen LogP contribution in [-0.2, 0) is 5.41 Å². The van der Waals surface area contributed by atoms with Crippen LogP contribution in [0.25, 0.3) is 32.7 Å². The number of nitrogens with zero attached hydrogens (tertiary/aromatic N) is 1. The zero-order valence-corrected chi connectivity index (χ0v) is 34.3. The highest BCUT2D eigenvalue weighted by Crippen LogP contribution is 2.60. The monoisotopic (exact) mass is 749 g/mol. The van der Waals surface area contributed by atoms with Gasteiger partial charge in [0.1, 0.15) is 0 Å². The van der Waals surface area contributed by atoms with E-state index in [1.165, 1.54) is 71.9 Å². The van der Waals surface area contributed by atoms with Crippen molar-refractivity contribution in [2.45, 2.75) is 83.6 Å². The Morgan fingerprint density at radius 2 is 1.41 bits per heavy atom. The maximum atomic E-state index is 2.78. The van der Waals surface area contributed by atoms with Gasteiger partial charge in [-0.3, -0.25) is 0 Å². The average Bonchev–Trinajstić information content (AvgIpc) is 3.90. The molecule has 0 aliphatic heterocycles. The Morgan fingerprint density at radius 1 is 0.655 bits per heavy atom. The summed E-state index contributed by atoms with van der Waals surface area (Å²) in [4.78, 5) is 2.78. The Morgan fingerprint density at radius 3 is 2.29 bits per heavy atom. The molecular weight excluding hydrogens is 699 g/mol. The van der Waals surface area contributed by atoms with Crippen molar-refractivity contribution in [3.05, 3.63) is 207 Å². The number of benzene rings is 5. The third-order valence-corrected chi connectivity index (χ3v) is 15.5. The number of hydrogen-bond donors (Lipinski definition) is 0. The summed E-state index contributed by atoms with van der Waals surface area (Å²) in [6, 6.07) is 39.2. The lowest BCUT2D eigenvalue weighted by Gasteiger charge is -2.42. The summed E-state index contributed by atoms with van der Waals surface area (Å²) in [6.45, 7) is 10.0. The summed E-state index contributed by atoms with van der Waals surface area (Å²) in [7, 11) is 0. The van der Waals surface area contributed by atoms with Crippen LogP contribution in [-0.4, -0.2) is 6.04 Å². The largest absolute Gasteiger partial charge is 0.337 e. The molecule has 5 aromatic carbocycles. The Balaban J connectivity index is 0.986. The minimum atomic E-state index is 0.000935. The van der Waals surface area contributed by atoms with Crippen LogP contribution in [0.1, 0.15) is 94.4 Å². The Labute approximate surface area is 343 Å². The first-order chi connectivity index (χ1) is 28.3. The third-order valence-electron chi connectivity index (χ3n) is 15.5. The number of rotatable bonds is 4. The van der Waals surface area contributed by atoms with Gasteiger partial charge in [0.2, 0.25) is 0 Å². The maximum absolute atomic E-state index is 2.78. The zero-order chi connectivity index (χ0) is 38.9. The summed E-state index contributed by atoms with van der Waals surface area (Å²) >= 11 is 0. The summed E-state index contributed by atoms with van der Waals surface area (Å²) in [5, 5.41) is 5.29. The Bertz CT molecular complexity index is 2910. The molecule has 58 heavy (non-hydrogen) atoms. The number of allylic oxidation sites excluding steroid dienone is 14. The van der Waals surface area contributed by atoms with Crippen LogP contribution >= 0.6 is 0 Å². The number of fused-ring (bicyclic) bond motifs is 9. The van der Waals surface area contributed by atoms with Crippen LogP contribution in [0.4, 0.5) is 5.69 Å². The van der Waals surface area contributed by atoms with Gasteiger partial charge in [-0.15, -0.1) is 0 Å². The molecule has 12 rings (SSSR count). The topological polar surface area (TPSA) is 3.24 Å². The molecule has 0 bridgehead atoms. The Hall–Kier alpha value is -5.66. The quantitative estimate of drug-likeness (QED) is 0.165. The second-order valence-electron chi connectivity index (χ2n) is 19.0. The smallest absolute Gasteiger partial charge is 0.0560 e. The van der Waals surface area contributed by atoms with Gasteiger partial charge in [0, 0.05) is 28.1 Å². The van der Waals surface area contributed by atoms with E-state index in [0.29, 0.717) is 11.8 Å². The molecule has 0 saturated heterocycles. The highest BCUT2D eigenvalue weighted by molar-refractivity contribution is 6.13. The second-order valence-corrected chi connectivity index (χ2v) is 19.0. The van der Waals surface area contributed by atoms with Gasteiger partial charge < -0.3 is 4.90 Å². The summed E-state index contributed by atoms with van der Waals surface area (Å²) in [5.74, 6) is 0.830. The summed E-state index contributed by atoms with van der Waals surface area (Å²) in [5.41, 5.74) is 21.3. The fraction of sp³-hybridized carbons (Fsp3) is 0.263. The van der Waals surface area contributed by atoms with Gasteiger partial charge in [0.25, 0.3) is 0 Å². The Kier molecular flexibility index (Phi) is 7.36. The van der Waals surface area contributed by atoms with E-state index in [2.05, 4.69) is 178 Å². The standard InChI is InChI=1S/C57H51N/c1-56(2)50-25-12-11-21-44(50)45-29-27-37(33-52(45)56)58(54-32-36-15-5-6-17-39(36)42-19-9-10-22-46(42)54)38-28-30-48-53(34-38)57(3,4)51-26-14-24-47(55(48)51)49-31-35-16-13-23-40(35)41-18-7-8-20-43(41)49/h5-13,15,17-25,27-30,32,38,49,52H,14,16,26,31,33-34H2,1-4H3. The average molecular weight is 750 g/mol. The predicted molar refractivity (Wildman–Crippen MR) is 245 cm³/mol. The minimum Gasteiger partial charge on any atom is -0.337 e. The summed E-state index contributed by atoms with van der Waals surface area (Å²) in [6.07, 6.45) is 24.0. The molecule has 7 aliphatic carbocycles.